The van der Waals surface area contributed by atoms with Crippen molar-refractivity contribution in [3.05, 3.63) is 6.92 Å². The molecule has 2 nitrogen and oxygen atoms in total. The maximum absolute atomic E-state index is 7.90. The van der Waals surface area contributed by atoms with Crippen LogP contribution in [0.2, 0.25) is 0 Å². The van der Waals surface area contributed by atoms with Gasteiger partial charge < -0.3 is 6.92 Å². The van der Waals surface area contributed by atoms with E-state index in [0.29, 0.717) is 0 Å². The SMILES string of the molecule is CC(C)(C)OO.[CH2-]C.[Zn]. The Kier molecular flexibility index (Phi) is 15.4. The summed E-state index contributed by atoms with van der Waals surface area (Å²) in [6.45, 7) is 10.3. The van der Waals surface area contributed by atoms with Crippen LogP contribution in [0.15, 0.2) is 0 Å². The molecule has 0 fully saturated rings. The normalized spacial score (nSPS) is 8.67. The molecule has 9 heavy (non-hydrogen) atoms. The predicted octanol–water partition coefficient (Wildman–Crippen LogP) is 2.11. The monoisotopic (exact) mass is 183 g/mol. The largest absolute Gasteiger partial charge is 0.346 e. The second kappa shape index (κ2) is 8.54. The van der Waals surface area contributed by atoms with Gasteiger partial charge in [0.1, 0.15) is 0 Å². The van der Waals surface area contributed by atoms with Crippen LogP contribution in [0.3, 0.4) is 0 Å². The molecule has 0 aliphatic rings. The van der Waals surface area contributed by atoms with Gasteiger partial charge in [0.25, 0.3) is 0 Å². The summed E-state index contributed by atoms with van der Waals surface area (Å²) in [5.41, 5.74) is -0.403. The van der Waals surface area contributed by atoms with Gasteiger partial charge in [-0.15, -0.1) is 0 Å². The molecular weight excluding hydrogens is 169 g/mol. The Bertz CT molecular complexity index is 40.8. The fourth-order valence-corrected chi connectivity index (χ4v) is 0. The van der Waals surface area contributed by atoms with E-state index in [-0.39, 0.29) is 19.5 Å². The van der Waals surface area contributed by atoms with E-state index in [1.807, 2.05) is 0 Å². The second-order valence-electron chi connectivity index (χ2n) is 2.20. The Morgan fingerprint density at radius 1 is 1.22 bits per heavy atom. The van der Waals surface area contributed by atoms with Crippen molar-refractivity contribution in [3.63, 3.8) is 0 Å². The van der Waals surface area contributed by atoms with Crippen molar-refractivity contribution in [2.45, 2.75) is 33.3 Å². The molecule has 1 N–H and O–H groups in total. The maximum atomic E-state index is 7.90. The molecule has 0 atom stereocenters. The number of hydrogen-bond acceptors (Lipinski definition) is 2. The average Bonchev–Trinajstić information content (AvgIpc) is 1.71. The van der Waals surface area contributed by atoms with E-state index in [1.165, 1.54) is 0 Å². The fraction of sp³-hybridized carbons (Fsp3) is 0.833. The number of hydrogen-bond donors (Lipinski definition) is 1. The van der Waals surface area contributed by atoms with Crippen molar-refractivity contribution in [1.82, 2.24) is 0 Å². The summed E-state index contributed by atoms with van der Waals surface area (Å²) in [6, 6.07) is 0. The van der Waals surface area contributed by atoms with Crippen molar-refractivity contribution in [3.8, 4) is 0 Å². The molecule has 0 amide bonds. The topological polar surface area (TPSA) is 29.5 Å². The smallest absolute Gasteiger partial charge is 0.0949 e. The summed E-state index contributed by atoms with van der Waals surface area (Å²) in [5.74, 6) is 0. The van der Waals surface area contributed by atoms with Crippen molar-refractivity contribution in [1.29, 1.82) is 0 Å². The van der Waals surface area contributed by atoms with Crippen LogP contribution in [0.5, 0.6) is 0 Å². The second-order valence-corrected chi connectivity index (χ2v) is 2.20. The fourth-order valence-electron chi connectivity index (χ4n) is 0. The molecule has 0 aromatic heterocycles. The summed E-state index contributed by atoms with van der Waals surface area (Å²) in [6.07, 6.45) is 0. The molecule has 0 aliphatic carbocycles. The van der Waals surface area contributed by atoms with Crippen LogP contribution >= 0.6 is 0 Å². The Labute approximate surface area is 70.3 Å². The Balaban J connectivity index is -0.000000109. The van der Waals surface area contributed by atoms with Crippen molar-refractivity contribution in [2.24, 2.45) is 0 Å². The molecule has 0 radical (unpaired) electrons. The van der Waals surface area contributed by atoms with Crippen LogP contribution in [0.4, 0.5) is 0 Å². The van der Waals surface area contributed by atoms with Gasteiger partial charge in [-0.05, 0) is 20.8 Å². The number of rotatable bonds is 0. The molecular formula is C6H15O2Zn-. The van der Waals surface area contributed by atoms with Crippen LogP contribution < -0.4 is 0 Å². The van der Waals surface area contributed by atoms with E-state index < -0.39 is 5.60 Å². The first-order valence-corrected chi connectivity index (χ1v) is 2.59. The van der Waals surface area contributed by atoms with Crippen LogP contribution in [-0.4, -0.2) is 10.9 Å². The zero-order chi connectivity index (χ0) is 7.21. The van der Waals surface area contributed by atoms with Gasteiger partial charge in [-0.25, -0.2) is 4.89 Å². The maximum Gasteiger partial charge on any atom is 0.0949 e. The molecule has 3 heteroatoms. The first-order valence-electron chi connectivity index (χ1n) is 2.59. The van der Waals surface area contributed by atoms with Crippen LogP contribution in [0, 0.1) is 6.92 Å². The molecule has 0 rings (SSSR count). The minimum absolute atomic E-state index is 0. The molecule has 0 spiro atoms. The Morgan fingerprint density at radius 3 is 1.33 bits per heavy atom. The van der Waals surface area contributed by atoms with E-state index in [1.54, 1.807) is 27.7 Å². The summed E-state index contributed by atoms with van der Waals surface area (Å²) in [7, 11) is 0. The van der Waals surface area contributed by atoms with Gasteiger partial charge >= 0.3 is 0 Å². The Morgan fingerprint density at radius 2 is 1.33 bits per heavy atom. The van der Waals surface area contributed by atoms with Gasteiger partial charge in [-0.3, -0.25) is 5.26 Å². The molecule has 0 aromatic carbocycles. The summed E-state index contributed by atoms with van der Waals surface area (Å²) in [4.78, 5) is 3.94. The minimum Gasteiger partial charge on any atom is -0.346 e. The standard InChI is InChI=1S/C4H10O2.C2H5.Zn/c1-4(2,3)6-5;1-2;/h5H,1-3H3;1H2,2H3;/q;-1;. The minimum atomic E-state index is -0.403. The summed E-state index contributed by atoms with van der Waals surface area (Å²) in [5, 5.41) is 7.90. The van der Waals surface area contributed by atoms with E-state index in [4.69, 9.17) is 5.26 Å². The molecule has 0 aliphatic heterocycles. The van der Waals surface area contributed by atoms with Gasteiger partial charge in [-0.2, -0.15) is 6.92 Å². The van der Waals surface area contributed by atoms with Crippen LogP contribution in [0.1, 0.15) is 27.7 Å². The first kappa shape index (κ1) is 16.3. The van der Waals surface area contributed by atoms with E-state index in [9.17, 15) is 0 Å². The Hall–Kier alpha value is 0.543. The van der Waals surface area contributed by atoms with E-state index >= 15 is 0 Å². The van der Waals surface area contributed by atoms with Gasteiger partial charge in [0.15, 0.2) is 0 Å². The van der Waals surface area contributed by atoms with E-state index in [2.05, 4.69) is 11.8 Å². The molecule has 0 saturated heterocycles. The quantitative estimate of drug-likeness (QED) is 0.270. The third kappa shape index (κ3) is 29.1. The van der Waals surface area contributed by atoms with Gasteiger partial charge in [0, 0.05) is 19.5 Å². The third-order valence-corrected chi connectivity index (χ3v) is 0.274. The first-order chi connectivity index (χ1) is 3.56. The molecule has 0 aromatic rings. The van der Waals surface area contributed by atoms with Crippen molar-refractivity contribution >= 4 is 0 Å². The average molecular weight is 185 g/mol. The van der Waals surface area contributed by atoms with Gasteiger partial charge in [0.2, 0.25) is 0 Å². The molecule has 0 bridgehead atoms. The molecule has 0 heterocycles. The third-order valence-electron chi connectivity index (χ3n) is 0.274. The van der Waals surface area contributed by atoms with Crippen LogP contribution in [-0.2, 0) is 24.4 Å². The van der Waals surface area contributed by atoms with Crippen LogP contribution in [0.25, 0.3) is 0 Å². The van der Waals surface area contributed by atoms with E-state index in [0.717, 1.165) is 0 Å². The molecule has 54 valence electrons. The van der Waals surface area contributed by atoms with Crippen molar-refractivity contribution in [2.75, 3.05) is 0 Å². The van der Waals surface area contributed by atoms with Crippen molar-refractivity contribution < 1.29 is 29.6 Å². The predicted molar refractivity (Wildman–Crippen MR) is 34.5 cm³/mol. The van der Waals surface area contributed by atoms with Gasteiger partial charge in [-0.1, -0.05) is 0 Å². The van der Waals surface area contributed by atoms with Gasteiger partial charge in [0.05, 0.1) is 5.60 Å². The zero-order valence-corrected chi connectivity index (χ0v) is 9.74. The molecule has 0 saturated carbocycles. The zero-order valence-electron chi connectivity index (χ0n) is 6.77. The summed E-state index contributed by atoms with van der Waals surface area (Å²) >= 11 is 0. The summed E-state index contributed by atoms with van der Waals surface area (Å²) < 4.78 is 0. The molecule has 0 unspecified atom stereocenters.